The normalized spacial score (nSPS) is 18.7. The first-order valence-electron chi connectivity index (χ1n) is 9.96. The van der Waals surface area contributed by atoms with Gasteiger partial charge in [-0.2, -0.15) is 5.26 Å². The van der Waals surface area contributed by atoms with Crippen LogP contribution in [0.15, 0.2) is 34.7 Å². The Hall–Kier alpha value is -3.74. The predicted octanol–water partition coefficient (Wildman–Crippen LogP) is 2.08. The van der Waals surface area contributed by atoms with Gasteiger partial charge in [0.25, 0.3) is 0 Å². The lowest BCUT2D eigenvalue weighted by molar-refractivity contribution is -0.119. The zero-order valence-electron chi connectivity index (χ0n) is 17.0. The standard InChI is InChI=1S/C21H22FN5O4/c1-14(28)24-12-17-13-27(21(29)31-17)15-2-4-19(18(22)10-15)25-6-8-26(9-7-25)20-5-3-16(11-23)30-20/h2-5,10,17H,6-9,12-13H2,1H3,(H,24,28). The zero-order valence-corrected chi connectivity index (χ0v) is 17.0. The number of hydrogen-bond donors (Lipinski definition) is 1. The molecule has 1 aromatic carbocycles. The van der Waals surface area contributed by atoms with Crippen LogP contribution in [0.3, 0.4) is 0 Å². The van der Waals surface area contributed by atoms with E-state index in [0.717, 1.165) is 0 Å². The zero-order chi connectivity index (χ0) is 22.0. The quantitative estimate of drug-likeness (QED) is 0.779. The van der Waals surface area contributed by atoms with Crippen molar-refractivity contribution in [2.24, 2.45) is 0 Å². The summed E-state index contributed by atoms with van der Waals surface area (Å²) in [5, 5.41) is 11.5. The Morgan fingerprint density at radius 3 is 2.61 bits per heavy atom. The number of hydrogen-bond acceptors (Lipinski definition) is 7. The molecule has 1 N–H and O–H groups in total. The lowest BCUT2D eigenvalue weighted by Crippen LogP contribution is -2.46. The van der Waals surface area contributed by atoms with Gasteiger partial charge in [-0.1, -0.05) is 0 Å². The molecule has 10 heteroatoms. The minimum Gasteiger partial charge on any atom is -0.442 e. The molecule has 2 fully saturated rings. The van der Waals surface area contributed by atoms with E-state index in [2.05, 4.69) is 5.32 Å². The van der Waals surface area contributed by atoms with Gasteiger partial charge < -0.3 is 24.3 Å². The SMILES string of the molecule is CC(=O)NCC1CN(c2ccc(N3CCN(c4ccc(C#N)o4)CC3)c(F)c2)C(=O)O1. The molecule has 162 valence electrons. The number of carbonyl (C=O) groups excluding carboxylic acids is 2. The third kappa shape index (κ3) is 4.40. The summed E-state index contributed by atoms with van der Waals surface area (Å²) in [6.45, 7) is 4.28. The van der Waals surface area contributed by atoms with E-state index in [-0.39, 0.29) is 24.8 Å². The highest BCUT2D eigenvalue weighted by molar-refractivity contribution is 5.90. The number of halogens is 1. The molecule has 0 spiro atoms. The topological polar surface area (TPSA) is 102 Å². The van der Waals surface area contributed by atoms with Gasteiger partial charge in [0, 0.05) is 39.2 Å². The average molecular weight is 427 g/mol. The summed E-state index contributed by atoms with van der Waals surface area (Å²) in [7, 11) is 0. The molecule has 2 aliphatic rings. The van der Waals surface area contributed by atoms with E-state index in [0.29, 0.717) is 43.4 Å². The number of nitrogens with one attached hydrogen (secondary N) is 1. The number of cyclic esters (lactones) is 1. The Labute approximate surface area is 178 Å². The highest BCUT2D eigenvalue weighted by atomic mass is 19.1. The number of nitriles is 1. The summed E-state index contributed by atoms with van der Waals surface area (Å²) < 4.78 is 25.6. The number of ether oxygens (including phenoxy) is 1. The highest BCUT2D eigenvalue weighted by Crippen LogP contribution is 2.29. The monoisotopic (exact) mass is 427 g/mol. The molecule has 4 rings (SSSR count). The van der Waals surface area contributed by atoms with Gasteiger partial charge in [0.2, 0.25) is 11.7 Å². The van der Waals surface area contributed by atoms with Crippen LogP contribution in [-0.2, 0) is 9.53 Å². The van der Waals surface area contributed by atoms with Crippen LogP contribution in [0.5, 0.6) is 0 Å². The second kappa shape index (κ2) is 8.55. The second-order valence-corrected chi connectivity index (χ2v) is 7.41. The van der Waals surface area contributed by atoms with Crippen LogP contribution in [0.2, 0.25) is 0 Å². The van der Waals surface area contributed by atoms with Gasteiger partial charge in [0.15, 0.2) is 5.88 Å². The minimum absolute atomic E-state index is 0.206. The fourth-order valence-corrected chi connectivity index (χ4v) is 3.74. The third-order valence-corrected chi connectivity index (χ3v) is 5.33. The summed E-state index contributed by atoms with van der Waals surface area (Å²) in [6, 6.07) is 10.0. The molecule has 9 nitrogen and oxygen atoms in total. The van der Waals surface area contributed by atoms with Crippen molar-refractivity contribution in [3.05, 3.63) is 41.9 Å². The Balaban J connectivity index is 1.39. The summed E-state index contributed by atoms with van der Waals surface area (Å²) >= 11 is 0. The summed E-state index contributed by atoms with van der Waals surface area (Å²) in [5.41, 5.74) is 0.873. The molecule has 31 heavy (non-hydrogen) atoms. The van der Waals surface area contributed by atoms with Crippen LogP contribution in [0.1, 0.15) is 12.7 Å². The van der Waals surface area contributed by atoms with Crippen LogP contribution < -0.4 is 20.0 Å². The van der Waals surface area contributed by atoms with Crippen molar-refractivity contribution in [3.63, 3.8) is 0 Å². The molecule has 1 unspecified atom stereocenters. The van der Waals surface area contributed by atoms with Crippen molar-refractivity contribution in [2.75, 3.05) is 54.0 Å². The van der Waals surface area contributed by atoms with Gasteiger partial charge in [0.05, 0.1) is 24.5 Å². The van der Waals surface area contributed by atoms with Crippen LogP contribution in [0, 0.1) is 17.1 Å². The average Bonchev–Trinajstić information content (AvgIpc) is 3.39. The third-order valence-electron chi connectivity index (χ3n) is 5.33. The van der Waals surface area contributed by atoms with Gasteiger partial charge in [-0.15, -0.1) is 0 Å². The van der Waals surface area contributed by atoms with E-state index in [1.807, 2.05) is 15.9 Å². The lowest BCUT2D eigenvalue weighted by atomic mass is 10.2. The number of piperazine rings is 1. The second-order valence-electron chi connectivity index (χ2n) is 7.41. The first-order chi connectivity index (χ1) is 14.9. The maximum atomic E-state index is 14.9. The molecular formula is C21H22FN5O4. The van der Waals surface area contributed by atoms with E-state index >= 15 is 0 Å². The molecule has 1 aromatic heterocycles. The van der Waals surface area contributed by atoms with Gasteiger partial charge in [0.1, 0.15) is 18.0 Å². The number of rotatable bonds is 5. The Morgan fingerprint density at radius 1 is 1.23 bits per heavy atom. The van der Waals surface area contributed by atoms with Crippen LogP contribution in [0.25, 0.3) is 0 Å². The van der Waals surface area contributed by atoms with Crippen molar-refractivity contribution >= 4 is 29.3 Å². The number of benzene rings is 1. The Morgan fingerprint density at radius 2 is 1.97 bits per heavy atom. The fourth-order valence-electron chi connectivity index (χ4n) is 3.74. The van der Waals surface area contributed by atoms with Crippen molar-refractivity contribution in [1.82, 2.24) is 5.32 Å². The molecule has 0 saturated carbocycles. The van der Waals surface area contributed by atoms with E-state index in [1.165, 1.54) is 17.9 Å². The van der Waals surface area contributed by atoms with Crippen molar-refractivity contribution in [3.8, 4) is 6.07 Å². The number of furan rings is 1. The predicted molar refractivity (Wildman–Crippen MR) is 111 cm³/mol. The maximum absolute atomic E-state index is 14.9. The molecular weight excluding hydrogens is 405 g/mol. The molecule has 0 radical (unpaired) electrons. The number of anilines is 3. The number of amides is 2. The van der Waals surface area contributed by atoms with E-state index < -0.39 is 18.0 Å². The Bertz CT molecular complexity index is 1030. The van der Waals surface area contributed by atoms with Crippen LogP contribution in [0.4, 0.5) is 26.4 Å². The fraction of sp³-hybridized carbons (Fsp3) is 0.381. The molecule has 2 saturated heterocycles. The molecule has 2 aromatic rings. The Kier molecular flexibility index (Phi) is 5.66. The summed E-state index contributed by atoms with van der Waals surface area (Å²) in [4.78, 5) is 28.5. The van der Waals surface area contributed by atoms with Gasteiger partial charge in [-0.25, -0.2) is 9.18 Å². The van der Waals surface area contributed by atoms with Crippen LogP contribution in [-0.4, -0.2) is 57.4 Å². The first-order valence-corrected chi connectivity index (χ1v) is 9.96. The molecule has 0 aliphatic carbocycles. The molecule has 0 bridgehead atoms. The largest absolute Gasteiger partial charge is 0.442 e. The van der Waals surface area contributed by atoms with Crippen molar-refractivity contribution < 1.29 is 23.1 Å². The van der Waals surface area contributed by atoms with E-state index in [9.17, 15) is 14.0 Å². The van der Waals surface area contributed by atoms with Crippen molar-refractivity contribution in [1.29, 1.82) is 5.26 Å². The number of carbonyl (C=O) groups is 2. The summed E-state index contributed by atoms with van der Waals surface area (Å²) in [6.07, 6.45) is -1.04. The van der Waals surface area contributed by atoms with E-state index in [1.54, 1.807) is 24.3 Å². The van der Waals surface area contributed by atoms with Gasteiger partial charge >= 0.3 is 6.09 Å². The van der Waals surface area contributed by atoms with Crippen LogP contribution >= 0.6 is 0 Å². The molecule has 2 aliphatic heterocycles. The van der Waals surface area contributed by atoms with Crippen molar-refractivity contribution in [2.45, 2.75) is 13.0 Å². The molecule has 2 amide bonds. The van der Waals surface area contributed by atoms with Gasteiger partial charge in [-0.3, -0.25) is 9.69 Å². The van der Waals surface area contributed by atoms with Gasteiger partial charge in [-0.05, 0) is 24.3 Å². The lowest BCUT2D eigenvalue weighted by Gasteiger charge is -2.36. The maximum Gasteiger partial charge on any atom is 0.414 e. The summed E-state index contributed by atoms with van der Waals surface area (Å²) in [5.74, 6) is 0.267. The smallest absolute Gasteiger partial charge is 0.414 e. The molecule has 1 atom stereocenters. The van der Waals surface area contributed by atoms with E-state index in [4.69, 9.17) is 14.4 Å². The number of nitrogens with zero attached hydrogens (tertiary/aromatic N) is 4. The minimum atomic E-state index is -0.564. The highest BCUT2D eigenvalue weighted by Gasteiger charge is 2.33. The molecule has 3 heterocycles. The first kappa shape index (κ1) is 20.5.